The molecule has 5 nitrogen and oxygen atoms in total. The Balaban J connectivity index is 1.31. The summed E-state index contributed by atoms with van der Waals surface area (Å²) in [6.45, 7) is 4.26. The highest BCUT2D eigenvalue weighted by molar-refractivity contribution is 9.10. The molecule has 0 atom stereocenters. The minimum absolute atomic E-state index is 0.103. The van der Waals surface area contributed by atoms with Gasteiger partial charge in [-0.1, -0.05) is 60.7 Å². The summed E-state index contributed by atoms with van der Waals surface area (Å²) in [7, 11) is 0. The first kappa shape index (κ1) is 23.5. The van der Waals surface area contributed by atoms with E-state index in [1.807, 2.05) is 68.4 Å². The zero-order valence-corrected chi connectivity index (χ0v) is 20.6. The van der Waals surface area contributed by atoms with Crippen molar-refractivity contribution in [2.75, 3.05) is 6.61 Å². The Labute approximate surface area is 207 Å². The van der Waals surface area contributed by atoms with E-state index in [-0.39, 0.29) is 12.5 Å². The van der Waals surface area contributed by atoms with E-state index in [0.29, 0.717) is 6.61 Å². The third kappa shape index (κ3) is 5.83. The van der Waals surface area contributed by atoms with Crippen LogP contribution in [0.5, 0.6) is 11.5 Å². The van der Waals surface area contributed by atoms with Gasteiger partial charge in [-0.05, 0) is 81.0 Å². The lowest BCUT2D eigenvalue weighted by molar-refractivity contribution is -0.123. The molecule has 1 amide bonds. The van der Waals surface area contributed by atoms with Crippen molar-refractivity contribution in [3.63, 3.8) is 0 Å². The molecular formula is C28H25BrN2O3. The second-order valence-electron chi connectivity index (χ2n) is 7.92. The molecule has 4 aromatic carbocycles. The topological polar surface area (TPSA) is 59.9 Å². The second-order valence-corrected chi connectivity index (χ2v) is 8.77. The number of halogens is 1. The summed E-state index contributed by atoms with van der Waals surface area (Å²) >= 11 is 3.56. The van der Waals surface area contributed by atoms with E-state index < -0.39 is 0 Å². The second kappa shape index (κ2) is 11.0. The quantitative estimate of drug-likeness (QED) is 0.220. The fraction of sp³-hybridized carbons (Fsp3) is 0.143. The number of benzene rings is 4. The van der Waals surface area contributed by atoms with Gasteiger partial charge in [-0.2, -0.15) is 5.10 Å². The van der Waals surface area contributed by atoms with Crippen molar-refractivity contribution < 1.29 is 14.3 Å². The zero-order valence-electron chi connectivity index (χ0n) is 19.0. The smallest absolute Gasteiger partial charge is 0.277 e. The highest BCUT2D eigenvalue weighted by atomic mass is 79.9. The Hall–Kier alpha value is -3.64. The summed E-state index contributed by atoms with van der Waals surface area (Å²) in [5.41, 5.74) is 6.42. The van der Waals surface area contributed by atoms with Crippen LogP contribution >= 0.6 is 15.9 Å². The molecule has 0 saturated heterocycles. The number of amides is 1. The van der Waals surface area contributed by atoms with Gasteiger partial charge in [-0.3, -0.25) is 4.79 Å². The molecule has 0 unspecified atom stereocenters. The predicted octanol–water partition coefficient (Wildman–Crippen LogP) is 6.33. The van der Waals surface area contributed by atoms with Crippen LogP contribution in [0.1, 0.15) is 22.3 Å². The Kier molecular flexibility index (Phi) is 7.60. The number of hydrazone groups is 1. The molecule has 4 rings (SSSR count). The van der Waals surface area contributed by atoms with Crippen molar-refractivity contribution in [3.05, 3.63) is 106 Å². The van der Waals surface area contributed by atoms with Crippen molar-refractivity contribution >= 4 is 38.8 Å². The molecule has 0 aliphatic carbocycles. The molecule has 0 spiro atoms. The van der Waals surface area contributed by atoms with Crippen molar-refractivity contribution in [2.45, 2.75) is 20.5 Å². The van der Waals surface area contributed by atoms with Gasteiger partial charge >= 0.3 is 0 Å². The lowest BCUT2D eigenvalue weighted by atomic mass is 10.1. The number of nitrogens with one attached hydrogen (secondary N) is 1. The van der Waals surface area contributed by atoms with Crippen LogP contribution in [-0.4, -0.2) is 18.7 Å². The van der Waals surface area contributed by atoms with Crippen molar-refractivity contribution in [1.29, 1.82) is 0 Å². The van der Waals surface area contributed by atoms with E-state index in [9.17, 15) is 4.79 Å². The van der Waals surface area contributed by atoms with Crippen molar-refractivity contribution in [3.8, 4) is 11.5 Å². The van der Waals surface area contributed by atoms with E-state index in [0.717, 1.165) is 38.2 Å². The molecule has 0 fully saturated rings. The van der Waals surface area contributed by atoms with E-state index >= 15 is 0 Å². The van der Waals surface area contributed by atoms with Crippen LogP contribution in [0, 0.1) is 13.8 Å². The zero-order chi connectivity index (χ0) is 23.9. The van der Waals surface area contributed by atoms with Crippen LogP contribution in [0.25, 0.3) is 10.8 Å². The van der Waals surface area contributed by atoms with Gasteiger partial charge in [-0.15, -0.1) is 0 Å². The third-order valence-corrected chi connectivity index (χ3v) is 6.00. The summed E-state index contributed by atoms with van der Waals surface area (Å²) in [4.78, 5) is 12.1. The Morgan fingerprint density at radius 3 is 2.47 bits per heavy atom. The molecule has 172 valence electrons. The van der Waals surface area contributed by atoms with Gasteiger partial charge in [0.25, 0.3) is 5.91 Å². The van der Waals surface area contributed by atoms with Crippen LogP contribution in [0.3, 0.4) is 0 Å². The normalized spacial score (nSPS) is 11.0. The lowest BCUT2D eigenvalue weighted by Crippen LogP contribution is -2.25. The molecule has 0 bridgehead atoms. The van der Waals surface area contributed by atoms with Crippen molar-refractivity contribution in [2.24, 2.45) is 5.10 Å². The molecule has 1 N–H and O–H groups in total. The molecule has 0 radical (unpaired) electrons. The molecule has 0 aromatic heterocycles. The van der Waals surface area contributed by atoms with Gasteiger partial charge in [0, 0.05) is 0 Å². The third-order valence-electron chi connectivity index (χ3n) is 5.38. The first-order chi connectivity index (χ1) is 16.5. The number of rotatable bonds is 8. The van der Waals surface area contributed by atoms with E-state index in [4.69, 9.17) is 9.47 Å². The maximum absolute atomic E-state index is 12.1. The van der Waals surface area contributed by atoms with Gasteiger partial charge in [0.05, 0.1) is 10.7 Å². The summed E-state index contributed by atoms with van der Waals surface area (Å²) in [5.74, 6) is 1.13. The van der Waals surface area contributed by atoms with E-state index in [1.54, 1.807) is 6.21 Å². The van der Waals surface area contributed by atoms with Crippen molar-refractivity contribution in [1.82, 2.24) is 5.43 Å². The molecule has 4 aromatic rings. The number of hydrogen-bond donors (Lipinski definition) is 1. The average molecular weight is 517 g/mol. The minimum Gasteiger partial charge on any atom is -0.488 e. The van der Waals surface area contributed by atoms with E-state index in [1.165, 1.54) is 10.8 Å². The first-order valence-electron chi connectivity index (χ1n) is 10.9. The fourth-order valence-electron chi connectivity index (χ4n) is 3.66. The largest absolute Gasteiger partial charge is 0.488 e. The highest BCUT2D eigenvalue weighted by Gasteiger charge is 2.07. The molecule has 6 heteroatoms. The monoisotopic (exact) mass is 516 g/mol. The Bertz CT molecular complexity index is 1330. The Morgan fingerprint density at radius 1 is 0.941 bits per heavy atom. The summed E-state index contributed by atoms with van der Waals surface area (Å²) in [6.07, 6.45) is 1.58. The number of carbonyl (C=O) groups excluding carboxylic acids is 1. The number of ether oxygens (including phenoxy) is 2. The summed E-state index contributed by atoms with van der Waals surface area (Å²) in [5, 5.41) is 6.40. The number of nitrogens with zero attached hydrogens (tertiary/aromatic N) is 1. The summed E-state index contributed by atoms with van der Waals surface area (Å²) < 4.78 is 12.5. The number of para-hydroxylation sites is 1. The average Bonchev–Trinajstić information content (AvgIpc) is 2.83. The fourth-order valence-corrected chi connectivity index (χ4v) is 4.17. The number of aryl methyl sites for hydroxylation is 2. The van der Waals surface area contributed by atoms with Gasteiger partial charge in [0.15, 0.2) is 6.61 Å². The minimum atomic E-state index is -0.326. The van der Waals surface area contributed by atoms with Gasteiger partial charge in [-0.25, -0.2) is 5.43 Å². The van der Waals surface area contributed by atoms with E-state index in [2.05, 4.69) is 50.7 Å². The number of fused-ring (bicyclic) bond motifs is 1. The highest BCUT2D eigenvalue weighted by Crippen LogP contribution is 2.28. The molecule has 0 heterocycles. The first-order valence-corrected chi connectivity index (χ1v) is 11.7. The van der Waals surface area contributed by atoms with Crippen LogP contribution < -0.4 is 14.9 Å². The van der Waals surface area contributed by atoms with Crippen LogP contribution in [0.15, 0.2) is 88.4 Å². The summed E-state index contributed by atoms with van der Waals surface area (Å²) in [6, 6.07) is 26.0. The lowest BCUT2D eigenvalue weighted by Gasteiger charge is -2.11. The van der Waals surface area contributed by atoms with Gasteiger partial charge < -0.3 is 9.47 Å². The van der Waals surface area contributed by atoms with Gasteiger partial charge in [0.2, 0.25) is 0 Å². The molecule has 0 aliphatic rings. The Morgan fingerprint density at radius 2 is 1.68 bits per heavy atom. The van der Waals surface area contributed by atoms with Crippen LogP contribution in [0.4, 0.5) is 0 Å². The standard InChI is InChI=1S/C28H25BrN2O3/c1-19-7-5-8-20(2)28(19)34-18-27(32)31-30-16-21-13-14-26(25(29)15-21)33-17-23-11-6-10-22-9-3-4-12-24(22)23/h3-16H,17-18H2,1-2H3,(H,31,32)/b30-16-. The number of hydrogen-bond acceptors (Lipinski definition) is 4. The maximum Gasteiger partial charge on any atom is 0.277 e. The predicted molar refractivity (Wildman–Crippen MR) is 140 cm³/mol. The number of carbonyl (C=O) groups is 1. The maximum atomic E-state index is 12.1. The molecule has 0 saturated carbocycles. The molecule has 0 aliphatic heterocycles. The molecule has 34 heavy (non-hydrogen) atoms. The van der Waals surface area contributed by atoms with Crippen LogP contribution in [-0.2, 0) is 11.4 Å². The molecular weight excluding hydrogens is 492 g/mol. The van der Waals surface area contributed by atoms with Crippen LogP contribution in [0.2, 0.25) is 0 Å². The SMILES string of the molecule is Cc1cccc(C)c1OCC(=O)N/N=C\c1ccc(OCc2cccc3ccccc23)c(Br)c1. The van der Waals surface area contributed by atoms with Gasteiger partial charge in [0.1, 0.15) is 18.1 Å².